The van der Waals surface area contributed by atoms with Gasteiger partial charge in [-0.05, 0) is 26.0 Å². The Kier molecular flexibility index (Phi) is 3.42. The molecule has 0 saturated heterocycles. The Bertz CT molecular complexity index is 569. The van der Waals surface area contributed by atoms with Crippen LogP contribution >= 0.6 is 0 Å². The van der Waals surface area contributed by atoms with Crippen molar-refractivity contribution < 1.29 is 9.47 Å². The van der Waals surface area contributed by atoms with E-state index in [9.17, 15) is 0 Å². The number of nitrogens with zero attached hydrogens (tertiary/aromatic N) is 2. The highest BCUT2D eigenvalue weighted by Gasteiger charge is 2.27. The number of fused-ring (bicyclic) bond motifs is 3. The highest BCUT2D eigenvalue weighted by molar-refractivity contribution is 5.74. The molecule has 0 amide bonds. The summed E-state index contributed by atoms with van der Waals surface area (Å²) in [5.41, 5.74) is 2.72. The van der Waals surface area contributed by atoms with Gasteiger partial charge in [0.25, 0.3) is 0 Å². The molecule has 0 fully saturated rings. The fraction of sp³-hybridized carbons (Fsp3) is 0.533. The number of para-hydroxylation sites is 2. The summed E-state index contributed by atoms with van der Waals surface area (Å²) in [5, 5.41) is 3.53. The normalized spacial score (nSPS) is 14.1. The third kappa shape index (κ3) is 2.10. The fourth-order valence-electron chi connectivity index (χ4n) is 3.09. The van der Waals surface area contributed by atoms with Gasteiger partial charge in [-0.25, -0.2) is 9.13 Å². The number of quaternary nitrogens is 1. The van der Waals surface area contributed by atoms with Gasteiger partial charge in [0.15, 0.2) is 0 Å². The SMILES string of the molecule is CC[NH+](CC)CCn1c2[n+](c3ccccc31)CCN2. The van der Waals surface area contributed by atoms with Gasteiger partial charge in [-0.1, -0.05) is 12.1 Å². The zero-order chi connectivity index (χ0) is 13.2. The molecule has 2 heterocycles. The van der Waals surface area contributed by atoms with Crippen molar-refractivity contribution in [1.82, 2.24) is 4.57 Å². The van der Waals surface area contributed by atoms with Crippen molar-refractivity contribution in [3.8, 4) is 0 Å². The molecule has 1 aliphatic rings. The summed E-state index contributed by atoms with van der Waals surface area (Å²) in [6.07, 6.45) is 0. The van der Waals surface area contributed by atoms with Crippen LogP contribution in [0.5, 0.6) is 0 Å². The van der Waals surface area contributed by atoms with Gasteiger partial charge in [0.2, 0.25) is 0 Å². The lowest BCUT2D eigenvalue weighted by Gasteiger charge is -2.14. The molecule has 0 radical (unpaired) electrons. The number of aromatic nitrogens is 2. The van der Waals surface area contributed by atoms with Crippen LogP contribution in [0.15, 0.2) is 24.3 Å². The van der Waals surface area contributed by atoms with E-state index in [1.54, 1.807) is 4.90 Å². The maximum Gasteiger partial charge on any atom is 0.358 e. The van der Waals surface area contributed by atoms with Crippen LogP contribution in [0.1, 0.15) is 13.8 Å². The standard InChI is InChI=1S/C15H22N4/c1-3-17(4-2)11-12-19-14-8-6-5-7-13(14)18-10-9-16-15(18)19/h5-8H,3-4,9-12H2,1-2H3/p+2. The van der Waals surface area contributed by atoms with E-state index in [1.165, 1.54) is 36.6 Å². The molecule has 4 nitrogen and oxygen atoms in total. The predicted molar refractivity (Wildman–Crippen MR) is 77.5 cm³/mol. The van der Waals surface area contributed by atoms with Gasteiger partial charge in [0, 0.05) is 0 Å². The van der Waals surface area contributed by atoms with E-state index in [4.69, 9.17) is 0 Å². The summed E-state index contributed by atoms with van der Waals surface area (Å²) in [6.45, 7) is 11.4. The second-order valence-corrected chi connectivity index (χ2v) is 5.25. The van der Waals surface area contributed by atoms with E-state index < -0.39 is 0 Å². The molecule has 0 atom stereocenters. The lowest BCUT2D eigenvalue weighted by atomic mass is 10.3. The molecule has 1 aliphatic heterocycles. The third-order valence-corrected chi connectivity index (χ3v) is 4.28. The van der Waals surface area contributed by atoms with E-state index in [0.717, 1.165) is 19.6 Å². The maximum atomic E-state index is 3.53. The maximum absolute atomic E-state index is 3.53. The smallest absolute Gasteiger partial charge is 0.333 e. The number of hydrogen-bond donors (Lipinski definition) is 2. The van der Waals surface area contributed by atoms with Crippen molar-refractivity contribution in [3.63, 3.8) is 0 Å². The van der Waals surface area contributed by atoms with Crippen LogP contribution in [0.2, 0.25) is 0 Å². The lowest BCUT2D eigenvalue weighted by Crippen LogP contribution is -3.11. The van der Waals surface area contributed by atoms with Crippen LogP contribution in [0, 0.1) is 0 Å². The van der Waals surface area contributed by atoms with E-state index >= 15 is 0 Å². The number of rotatable bonds is 5. The van der Waals surface area contributed by atoms with Crippen molar-refractivity contribution in [2.75, 3.05) is 31.5 Å². The van der Waals surface area contributed by atoms with Gasteiger partial charge in [0.1, 0.15) is 30.7 Å². The topological polar surface area (TPSA) is 25.3 Å². The quantitative estimate of drug-likeness (QED) is 0.742. The van der Waals surface area contributed by atoms with E-state index in [2.05, 4.69) is 52.6 Å². The predicted octanol–water partition coefficient (Wildman–Crippen LogP) is 0.279. The minimum Gasteiger partial charge on any atom is -0.333 e. The highest BCUT2D eigenvalue weighted by atomic mass is 15.3. The molecule has 4 heteroatoms. The minimum absolute atomic E-state index is 1.05. The van der Waals surface area contributed by atoms with E-state index in [0.29, 0.717) is 0 Å². The molecule has 2 N–H and O–H groups in total. The molecule has 0 unspecified atom stereocenters. The average Bonchev–Trinajstić information content (AvgIpc) is 3.02. The first-order valence-corrected chi connectivity index (χ1v) is 7.43. The first-order valence-electron chi connectivity index (χ1n) is 7.43. The fourth-order valence-corrected chi connectivity index (χ4v) is 3.09. The van der Waals surface area contributed by atoms with Gasteiger partial charge in [-0.3, -0.25) is 5.32 Å². The summed E-state index contributed by atoms with van der Waals surface area (Å²) < 4.78 is 4.86. The molecule has 19 heavy (non-hydrogen) atoms. The van der Waals surface area contributed by atoms with Crippen LogP contribution in [0.25, 0.3) is 11.0 Å². The highest BCUT2D eigenvalue weighted by Crippen LogP contribution is 2.19. The van der Waals surface area contributed by atoms with Crippen molar-refractivity contribution in [2.24, 2.45) is 0 Å². The van der Waals surface area contributed by atoms with Crippen LogP contribution in [-0.2, 0) is 13.1 Å². The molecule has 0 aliphatic carbocycles. The molecule has 3 rings (SSSR count). The number of hydrogen-bond acceptors (Lipinski definition) is 1. The summed E-state index contributed by atoms with van der Waals surface area (Å²) in [6, 6.07) is 8.74. The third-order valence-electron chi connectivity index (χ3n) is 4.28. The Morgan fingerprint density at radius 1 is 1.26 bits per heavy atom. The van der Waals surface area contributed by atoms with Crippen LogP contribution in [0.3, 0.4) is 0 Å². The number of nitrogens with one attached hydrogen (secondary N) is 2. The van der Waals surface area contributed by atoms with E-state index in [-0.39, 0.29) is 0 Å². The first kappa shape index (κ1) is 12.5. The van der Waals surface area contributed by atoms with Crippen LogP contribution < -0.4 is 14.8 Å². The van der Waals surface area contributed by atoms with Gasteiger partial charge >= 0.3 is 5.95 Å². The first-order chi connectivity index (χ1) is 9.35. The van der Waals surface area contributed by atoms with Crippen molar-refractivity contribution >= 4 is 17.0 Å². The molecule has 1 aromatic carbocycles. The van der Waals surface area contributed by atoms with Gasteiger partial charge < -0.3 is 4.90 Å². The Morgan fingerprint density at radius 2 is 2.05 bits per heavy atom. The lowest BCUT2D eigenvalue weighted by molar-refractivity contribution is -0.897. The average molecular weight is 260 g/mol. The largest absolute Gasteiger partial charge is 0.358 e. The molecule has 102 valence electrons. The molecule has 0 spiro atoms. The Labute approximate surface area is 114 Å². The summed E-state index contributed by atoms with van der Waals surface area (Å²) >= 11 is 0. The number of anilines is 1. The van der Waals surface area contributed by atoms with Gasteiger partial charge in [-0.2, -0.15) is 0 Å². The van der Waals surface area contributed by atoms with Crippen LogP contribution in [-0.4, -0.2) is 30.7 Å². The molecular weight excluding hydrogens is 236 g/mol. The zero-order valence-electron chi connectivity index (χ0n) is 11.9. The number of benzene rings is 1. The Hall–Kier alpha value is -1.55. The van der Waals surface area contributed by atoms with Crippen molar-refractivity contribution in [3.05, 3.63) is 24.3 Å². The van der Waals surface area contributed by atoms with Gasteiger partial charge in [-0.15, -0.1) is 0 Å². The van der Waals surface area contributed by atoms with Crippen LogP contribution in [0.4, 0.5) is 5.95 Å². The molecular formula is C15H24N4+2. The summed E-state index contributed by atoms with van der Waals surface area (Å²) in [4.78, 5) is 1.66. The molecule has 2 aromatic rings. The molecule has 0 bridgehead atoms. The van der Waals surface area contributed by atoms with E-state index in [1.807, 2.05) is 0 Å². The Balaban J connectivity index is 1.94. The monoisotopic (exact) mass is 260 g/mol. The second-order valence-electron chi connectivity index (χ2n) is 5.25. The summed E-state index contributed by atoms with van der Waals surface area (Å²) in [5.74, 6) is 1.28. The Morgan fingerprint density at radius 3 is 2.84 bits per heavy atom. The molecule has 0 saturated carbocycles. The number of likely N-dealkylation sites (N-methyl/N-ethyl adjacent to an activating group) is 1. The van der Waals surface area contributed by atoms with Crippen molar-refractivity contribution in [1.29, 1.82) is 0 Å². The minimum atomic E-state index is 1.05. The van der Waals surface area contributed by atoms with Gasteiger partial charge in [0.05, 0.1) is 19.6 Å². The second kappa shape index (κ2) is 5.21. The van der Waals surface area contributed by atoms with Crippen molar-refractivity contribution in [2.45, 2.75) is 26.9 Å². The molecule has 1 aromatic heterocycles. The zero-order valence-corrected chi connectivity index (χ0v) is 11.9. The summed E-state index contributed by atoms with van der Waals surface area (Å²) in [7, 11) is 0. The number of imidazole rings is 1.